The maximum absolute atomic E-state index is 13.2. The van der Waals surface area contributed by atoms with Crippen LogP contribution in [0.4, 0.5) is 14.5 Å². The largest absolute Gasteiger partial charge is 0.488 e. The number of hydrogen-bond donors (Lipinski definition) is 1. The average molecular weight is 215 g/mol. The Hall–Kier alpha value is -1.32. The lowest BCUT2D eigenvalue weighted by Crippen LogP contribution is -2.06. The lowest BCUT2D eigenvalue weighted by molar-refractivity contribution is 0.274. The van der Waals surface area contributed by atoms with Gasteiger partial charge >= 0.3 is 0 Å². The molecule has 1 aromatic carbocycles. The number of nitrogens with two attached hydrogens (primary N) is 1. The van der Waals surface area contributed by atoms with Crippen molar-refractivity contribution in [2.45, 2.75) is 20.3 Å². The molecule has 0 radical (unpaired) electrons. The fraction of sp³-hybridized carbons (Fsp3) is 0.455. The monoisotopic (exact) mass is 215 g/mol. The van der Waals surface area contributed by atoms with Crippen molar-refractivity contribution in [3.63, 3.8) is 0 Å². The van der Waals surface area contributed by atoms with Crippen molar-refractivity contribution in [1.29, 1.82) is 0 Å². The van der Waals surface area contributed by atoms with Gasteiger partial charge in [0.25, 0.3) is 0 Å². The van der Waals surface area contributed by atoms with Crippen LogP contribution in [0.3, 0.4) is 0 Å². The Morgan fingerprint density at radius 1 is 1.33 bits per heavy atom. The highest BCUT2D eigenvalue weighted by molar-refractivity contribution is 5.53. The first kappa shape index (κ1) is 11.8. The molecule has 0 atom stereocenters. The first-order chi connectivity index (χ1) is 7.02. The maximum atomic E-state index is 13.2. The summed E-state index contributed by atoms with van der Waals surface area (Å²) in [4.78, 5) is 0. The number of ether oxygens (including phenoxy) is 1. The summed E-state index contributed by atoms with van der Waals surface area (Å²) in [5, 5.41) is 0. The minimum atomic E-state index is -1.02. The van der Waals surface area contributed by atoms with Crippen LogP contribution in [-0.2, 0) is 0 Å². The molecule has 2 nitrogen and oxygen atoms in total. The molecular formula is C11H15F2NO. The third-order valence-electron chi connectivity index (χ3n) is 2.02. The maximum Gasteiger partial charge on any atom is 0.202 e. The molecule has 0 aliphatic heterocycles. The number of hydrogen-bond acceptors (Lipinski definition) is 2. The highest BCUT2D eigenvalue weighted by Gasteiger charge is 2.13. The molecule has 1 rings (SSSR count). The summed E-state index contributed by atoms with van der Waals surface area (Å²) >= 11 is 0. The molecule has 0 bridgehead atoms. The van der Waals surface area contributed by atoms with Crippen molar-refractivity contribution in [1.82, 2.24) is 0 Å². The van der Waals surface area contributed by atoms with E-state index in [0.717, 1.165) is 12.5 Å². The van der Waals surface area contributed by atoms with Gasteiger partial charge in [0.2, 0.25) is 5.82 Å². The van der Waals surface area contributed by atoms with Gasteiger partial charge in [0.15, 0.2) is 11.6 Å². The van der Waals surface area contributed by atoms with Gasteiger partial charge in [0, 0.05) is 0 Å². The van der Waals surface area contributed by atoms with E-state index in [4.69, 9.17) is 10.5 Å². The lowest BCUT2D eigenvalue weighted by Gasteiger charge is -2.11. The number of halogens is 2. The van der Waals surface area contributed by atoms with Crippen molar-refractivity contribution in [2.75, 3.05) is 12.3 Å². The Morgan fingerprint density at radius 2 is 2.00 bits per heavy atom. The molecule has 0 heterocycles. The second-order valence-corrected chi connectivity index (χ2v) is 3.81. The quantitative estimate of drug-likeness (QED) is 0.783. The van der Waals surface area contributed by atoms with Crippen LogP contribution in [-0.4, -0.2) is 6.61 Å². The summed E-state index contributed by atoms with van der Waals surface area (Å²) in [6, 6.07) is 2.28. The predicted octanol–water partition coefficient (Wildman–Crippen LogP) is 2.97. The van der Waals surface area contributed by atoms with Crippen LogP contribution < -0.4 is 10.5 Å². The van der Waals surface area contributed by atoms with Crippen molar-refractivity contribution in [2.24, 2.45) is 5.92 Å². The molecule has 0 aromatic heterocycles. The van der Waals surface area contributed by atoms with Gasteiger partial charge in [-0.25, -0.2) is 4.39 Å². The molecule has 0 saturated carbocycles. The molecule has 0 unspecified atom stereocenters. The normalized spacial score (nSPS) is 10.7. The van der Waals surface area contributed by atoms with Crippen LogP contribution in [0.15, 0.2) is 12.1 Å². The highest BCUT2D eigenvalue weighted by atomic mass is 19.2. The topological polar surface area (TPSA) is 35.2 Å². The number of rotatable bonds is 4. The van der Waals surface area contributed by atoms with E-state index in [-0.39, 0.29) is 11.4 Å². The van der Waals surface area contributed by atoms with Gasteiger partial charge in [0.1, 0.15) is 0 Å². The Labute approximate surface area is 88.0 Å². The second kappa shape index (κ2) is 4.96. The van der Waals surface area contributed by atoms with E-state index >= 15 is 0 Å². The van der Waals surface area contributed by atoms with Crippen LogP contribution in [0.5, 0.6) is 5.75 Å². The van der Waals surface area contributed by atoms with Crippen molar-refractivity contribution in [3.05, 3.63) is 23.8 Å². The molecule has 0 spiro atoms. The zero-order valence-electron chi connectivity index (χ0n) is 8.89. The van der Waals surface area contributed by atoms with Crippen LogP contribution >= 0.6 is 0 Å². The molecule has 0 amide bonds. The minimum absolute atomic E-state index is 0.123. The molecule has 0 aliphatic rings. The summed E-state index contributed by atoms with van der Waals surface area (Å²) in [7, 11) is 0. The summed E-state index contributed by atoms with van der Waals surface area (Å²) < 4.78 is 31.2. The number of nitrogen functional groups attached to an aromatic ring is 1. The Bertz CT molecular complexity index is 340. The fourth-order valence-corrected chi connectivity index (χ4v) is 1.09. The zero-order valence-corrected chi connectivity index (χ0v) is 8.89. The van der Waals surface area contributed by atoms with E-state index in [0.29, 0.717) is 12.5 Å². The van der Waals surface area contributed by atoms with Gasteiger partial charge in [-0.05, 0) is 24.5 Å². The molecule has 15 heavy (non-hydrogen) atoms. The zero-order chi connectivity index (χ0) is 11.4. The third kappa shape index (κ3) is 3.08. The first-order valence-corrected chi connectivity index (χ1v) is 4.88. The van der Waals surface area contributed by atoms with Gasteiger partial charge in [-0.15, -0.1) is 0 Å². The SMILES string of the molecule is CC(C)CCOc1c(N)ccc(F)c1F. The molecule has 0 saturated heterocycles. The van der Waals surface area contributed by atoms with E-state index in [1.54, 1.807) is 0 Å². The molecular weight excluding hydrogens is 200 g/mol. The van der Waals surface area contributed by atoms with Gasteiger partial charge < -0.3 is 10.5 Å². The van der Waals surface area contributed by atoms with Crippen LogP contribution in [0, 0.1) is 17.6 Å². The molecule has 0 fully saturated rings. The summed E-state index contributed by atoms with van der Waals surface area (Å²) in [6.45, 7) is 4.38. The van der Waals surface area contributed by atoms with Crippen LogP contribution in [0.1, 0.15) is 20.3 Å². The Morgan fingerprint density at radius 3 is 2.60 bits per heavy atom. The Balaban J connectivity index is 2.71. The van der Waals surface area contributed by atoms with Crippen molar-refractivity contribution in [3.8, 4) is 5.75 Å². The summed E-state index contributed by atoms with van der Waals surface area (Å²) in [5.74, 6) is -1.69. The second-order valence-electron chi connectivity index (χ2n) is 3.81. The van der Waals surface area contributed by atoms with E-state index in [1.807, 2.05) is 13.8 Å². The molecule has 84 valence electrons. The van der Waals surface area contributed by atoms with Crippen LogP contribution in [0.25, 0.3) is 0 Å². The predicted molar refractivity (Wildman–Crippen MR) is 55.7 cm³/mol. The van der Waals surface area contributed by atoms with Gasteiger partial charge in [0.05, 0.1) is 12.3 Å². The first-order valence-electron chi connectivity index (χ1n) is 4.88. The van der Waals surface area contributed by atoms with E-state index in [2.05, 4.69) is 0 Å². The fourth-order valence-electron chi connectivity index (χ4n) is 1.09. The van der Waals surface area contributed by atoms with E-state index in [9.17, 15) is 8.78 Å². The van der Waals surface area contributed by atoms with Gasteiger partial charge in [-0.3, -0.25) is 0 Å². The smallest absolute Gasteiger partial charge is 0.202 e. The van der Waals surface area contributed by atoms with Gasteiger partial charge in [-0.1, -0.05) is 13.8 Å². The summed E-state index contributed by atoms with van der Waals surface area (Å²) in [6.07, 6.45) is 0.773. The molecule has 2 N–H and O–H groups in total. The van der Waals surface area contributed by atoms with Gasteiger partial charge in [-0.2, -0.15) is 4.39 Å². The molecule has 0 aliphatic carbocycles. The number of anilines is 1. The van der Waals surface area contributed by atoms with E-state index in [1.165, 1.54) is 6.07 Å². The van der Waals surface area contributed by atoms with Crippen LogP contribution in [0.2, 0.25) is 0 Å². The third-order valence-corrected chi connectivity index (χ3v) is 2.02. The lowest BCUT2D eigenvalue weighted by atomic mass is 10.1. The summed E-state index contributed by atoms with van der Waals surface area (Å²) in [5.41, 5.74) is 5.60. The Kier molecular flexibility index (Phi) is 3.88. The molecule has 4 heteroatoms. The average Bonchev–Trinajstić information content (AvgIpc) is 2.17. The van der Waals surface area contributed by atoms with E-state index < -0.39 is 11.6 Å². The number of benzene rings is 1. The standard InChI is InChI=1S/C11H15F2NO/c1-7(2)5-6-15-11-9(14)4-3-8(12)10(11)13/h3-4,7H,5-6,14H2,1-2H3. The molecule has 1 aromatic rings. The van der Waals surface area contributed by atoms with Crippen molar-refractivity contribution < 1.29 is 13.5 Å². The highest BCUT2D eigenvalue weighted by Crippen LogP contribution is 2.27. The minimum Gasteiger partial charge on any atom is -0.488 e. The van der Waals surface area contributed by atoms with Crippen molar-refractivity contribution >= 4 is 5.69 Å².